The molecule has 0 atom stereocenters. The largest absolute Gasteiger partial charge is 0.326 e. The summed E-state index contributed by atoms with van der Waals surface area (Å²) in [5.41, 5.74) is 2.51. The van der Waals surface area contributed by atoms with Gasteiger partial charge in [0.25, 0.3) is 0 Å². The van der Waals surface area contributed by atoms with Crippen LogP contribution in [-0.2, 0) is 16.0 Å². The molecule has 0 unspecified atom stereocenters. The molecule has 0 saturated heterocycles. The van der Waals surface area contributed by atoms with Crippen LogP contribution in [0.4, 0.5) is 11.4 Å². The number of fused-ring (bicyclic) bond motifs is 1. The predicted octanol–water partition coefficient (Wildman–Crippen LogP) is 4.00. The van der Waals surface area contributed by atoms with Crippen molar-refractivity contribution in [2.75, 3.05) is 17.3 Å². The monoisotopic (exact) mass is 332 g/mol. The van der Waals surface area contributed by atoms with Gasteiger partial charge in [0.05, 0.1) is 6.42 Å². The molecule has 126 valence electrons. The van der Waals surface area contributed by atoms with Crippen molar-refractivity contribution < 1.29 is 9.59 Å². The third-order valence-electron chi connectivity index (χ3n) is 4.12. The number of rotatable bonds is 4. The summed E-state index contributed by atoms with van der Waals surface area (Å²) >= 11 is 0. The minimum absolute atomic E-state index is 0.0163. The maximum Gasteiger partial charge on any atom is 0.231 e. The van der Waals surface area contributed by atoms with Crippen LogP contribution in [0.25, 0.3) is 10.8 Å². The Bertz CT molecular complexity index is 917. The molecule has 0 fully saturated rings. The highest BCUT2D eigenvalue weighted by molar-refractivity contribution is 5.97. The van der Waals surface area contributed by atoms with Crippen LogP contribution in [0.2, 0.25) is 0 Å². The summed E-state index contributed by atoms with van der Waals surface area (Å²) in [7, 11) is 1.79. The smallest absolute Gasteiger partial charge is 0.231 e. The molecule has 1 N–H and O–H groups in total. The number of nitrogens with zero attached hydrogens (tertiary/aromatic N) is 1. The van der Waals surface area contributed by atoms with Gasteiger partial charge in [0.2, 0.25) is 11.8 Å². The molecule has 0 heterocycles. The average Bonchev–Trinajstić information content (AvgIpc) is 2.62. The molecule has 4 heteroatoms. The van der Waals surface area contributed by atoms with Crippen molar-refractivity contribution in [1.82, 2.24) is 0 Å². The number of nitrogens with one attached hydrogen (secondary N) is 1. The Balaban J connectivity index is 1.72. The van der Waals surface area contributed by atoms with Crippen LogP contribution in [0.1, 0.15) is 12.5 Å². The number of carbonyl (C=O) groups is 2. The molecule has 0 aromatic heterocycles. The fraction of sp³-hybridized carbons (Fsp3) is 0.143. The lowest BCUT2D eigenvalue weighted by atomic mass is 10.1. The zero-order chi connectivity index (χ0) is 17.8. The molecule has 0 radical (unpaired) electrons. The van der Waals surface area contributed by atoms with Crippen molar-refractivity contribution in [3.05, 3.63) is 72.3 Å². The van der Waals surface area contributed by atoms with Crippen molar-refractivity contribution in [1.29, 1.82) is 0 Å². The molecular weight excluding hydrogens is 312 g/mol. The van der Waals surface area contributed by atoms with Gasteiger partial charge in [-0.2, -0.15) is 0 Å². The van der Waals surface area contributed by atoms with E-state index in [1.165, 1.54) is 6.92 Å². The summed E-state index contributed by atoms with van der Waals surface area (Å²) in [6.07, 6.45) is 0.309. The van der Waals surface area contributed by atoms with Gasteiger partial charge < -0.3 is 10.2 Å². The van der Waals surface area contributed by atoms with Crippen LogP contribution in [0.15, 0.2) is 66.7 Å². The summed E-state index contributed by atoms with van der Waals surface area (Å²) in [6, 6.07) is 21.4. The molecule has 3 aromatic rings. The normalized spacial score (nSPS) is 10.5. The Labute approximate surface area is 147 Å². The highest BCUT2D eigenvalue weighted by atomic mass is 16.2. The molecule has 0 aliphatic rings. The first-order valence-electron chi connectivity index (χ1n) is 8.15. The Morgan fingerprint density at radius 2 is 1.60 bits per heavy atom. The number of anilines is 2. The average molecular weight is 332 g/mol. The zero-order valence-corrected chi connectivity index (χ0v) is 14.3. The molecule has 0 aliphatic carbocycles. The summed E-state index contributed by atoms with van der Waals surface area (Å²) in [6.45, 7) is 1.47. The summed E-state index contributed by atoms with van der Waals surface area (Å²) < 4.78 is 0. The van der Waals surface area contributed by atoms with E-state index in [1.807, 2.05) is 48.5 Å². The Hall–Kier alpha value is -3.14. The van der Waals surface area contributed by atoms with Gasteiger partial charge in [-0.1, -0.05) is 42.5 Å². The van der Waals surface area contributed by atoms with Crippen molar-refractivity contribution in [3.63, 3.8) is 0 Å². The van der Waals surface area contributed by atoms with Gasteiger partial charge in [-0.25, -0.2) is 0 Å². The highest BCUT2D eigenvalue weighted by Crippen LogP contribution is 2.22. The van der Waals surface area contributed by atoms with Crippen LogP contribution >= 0.6 is 0 Å². The molecule has 25 heavy (non-hydrogen) atoms. The van der Waals surface area contributed by atoms with Gasteiger partial charge in [0.1, 0.15) is 0 Å². The first-order valence-corrected chi connectivity index (χ1v) is 8.15. The van der Waals surface area contributed by atoms with Gasteiger partial charge in [-0.3, -0.25) is 9.59 Å². The van der Waals surface area contributed by atoms with Crippen molar-refractivity contribution in [2.24, 2.45) is 0 Å². The van der Waals surface area contributed by atoms with E-state index < -0.39 is 0 Å². The molecular formula is C21H20N2O2. The van der Waals surface area contributed by atoms with E-state index in [1.54, 1.807) is 24.1 Å². The minimum atomic E-state index is -0.111. The second-order valence-electron chi connectivity index (χ2n) is 6.04. The Kier molecular flexibility index (Phi) is 4.80. The van der Waals surface area contributed by atoms with Gasteiger partial charge in [0, 0.05) is 25.3 Å². The zero-order valence-electron chi connectivity index (χ0n) is 14.3. The van der Waals surface area contributed by atoms with Crippen LogP contribution < -0.4 is 10.2 Å². The predicted molar refractivity (Wildman–Crippen MR) is 102 cm³/mol. The van der Waals surface area contributed by atoms with E-state index in [0.717, 1.165) is 27.7 Å². The number of amides is 2. The lowest BCUT2D eigenvalue weighted by Crippen LogP contribution is -2.27. The molecule has 3 aromatic carbocycles. The molecule has 4 nitrogen and oxygen atoms in total. The van der Waals surface area contributed by atoms with E-state index in [0.29, 0.717) is 6.42 Å². The van der Waals surface area contributed by atoms with E-state index in [9.17, 15) is 9.59 Å². The third-order valence-corrected chi connectivity index (χ3v) is 4.12. The fourth-order valence-electron chi connectivity index (χ4n) is 2.73. The molecule has 0 spiro atoms. The Morgan fingerprint density at radius 1 is 0.920 bits per heavy atom. The first kappa shape index (κ1) is 16.7. The fourth-order valence-corrected chi connectivity index (χ4v) is 2.73. The quantitative estimate of drug-likeness (QED) is 0.785. The van der Waals surface area contributed by atoms with Crippen LogP contribution in [-0.4, -0.2) is 18.9 Å². The summed E-state index contributed by atoms with van der Waals surface area (Å²) in [5, 5.41) is 4.98. The summed E-state index contributed by atoms with van der Waals surface area (Å²) in [4.78, 5) is 25.3. The first-order chi connectivity index (χ1) is 12.0. The van der Waals surface area contributed by atoms with Gasteiger partial charge in [-0.15, -0.1) is 0 Å². The lowest BCUT2D eigenvalue weighted by molar-refractivity contribution is -0.117. The van der Waals surface area contributed by atoms with Gasteiger partial charge in [-0.05, 0) is 40.6 Å². The van der Waals surface area contributed by atoms with Crippen molar-refractivity contribution >= 4 is 34.0 Å². The van der Waals surface area contributed by atoms with E-state index in [-0.39, 0.29) is 11.8 Å². The molecule has 0 aliphatic heterocycles. The lowest BCUT2D eigenvalue weighted by Gasteiger charge is -2.18. The van der Waals surface area contributed by atoms with E-state index in [4.69, 9.17) is 0 Å². The molecule has 3 rings (SSSR count). The number of benzene rings is 3. The molecule has 2 amide bonds. The second-order valence-corrected chi connectivity index (χ2v) is 6.04. The van der Waals surface area contributed by atoms with Gasteiger partial charge >= 0.3 is 0 Å². The van der Waals surface area contributed by atoms with E-state index in [2.05, 4.69) is 11.4 Å². The third kappa shape index (κ3) is 4.04. The van der Waals surface area contributed by atoms with Crippen molar-refractivity contribution in [3.8, 4) is 0 Å². The topological polar surface area (TPSA) is 49.4 Å². The maximum absolute atomic E-state index is 12.6. The Morgan fingerprint density at radius 3 is 2.28 bits per heavy atom. The van der Waals surface area contributed by atoms with Crippen LogP contribution in [0, 0.1) is 0 Å². The highest BCUT2D eigenvalue weighted by Gasteiger charge is 2.12. The number of hydrogen-bond donors (Lipinski definition) is 1. The van der Waals surface area contributed by atoms with Crippen molar-refractivity contribution in [2.45, 2.75) is 13.3 Å². The van der Waals surface area contributed by atoms with Crippen LogP contribution in [0.5, 0.6) is 0 Å². The summed E-state index contributed by atoms with van der Waals surface area (Å²) in [5.74, 6) is -0.0950. The minimum Gasteiger partial charge on any atom is -0.326 e. The number of carbonyl (C=O) groups excluding carboxylic acids is 2. The maximum atomic E-state index is 12.6. The standard InChI is InChI=1S/C21H20N2O2/c1-15(24)22-19-10-7-16(8-11-19)13-21(25)23(2)20-12-9-17-5-3-4-6-18(17)14-20/h3-12,14H,13H2,1-2H3,(H,22,24). The van der Waals surface area contributed by atoms with E-state index >= 15 is 0 Å². The molecule has 0 saturated carbocycles. The van der Waals surface area contributed by atoms with Gasteiger partial charge in [0.15, 0.2) is 0 Å². The van der Waals surface area contributed by atoms with Crippen LogP contribution in [0.3, 0.4) is 0 Å². The number of likely N-dealkylation sites (N-methyl/N-ethyl adjacent to an activating group) is 1. The SMILES string of the molecule is CC(=O)Nc1ccc(CC(=O)N(C)c2ccc3ccccc3c2)cc1. The second kappa shape index (κ2) is 7.18. The molecule has 0 bridgehead atoms. The number of hydrogen-bond acceptors (Lipinski definition) is 2.